The van der Waals surface area contributed by atoms with Crippen LogP contribution in [0.15, 0.2) is 59.5 Å². The van der Waals surface area contributed by atoms with Crippen molar-refractivity contribution in [2.75, 3.05) is 17.2 Å². The summed E-state index contributed by atoms with van der Waals surface area (Å²) in [6.45, 7) is 8.50. The fourth-order valence-corrected chi connectivity index (χ4v) is 5.59. The van der Waals surface area contributed by atoms with Crippen LogP contribution in [0.2, 0.25) is 0 Å². The number of pyridine rings is 1. The molecule has 3 aromatic rings. The van der Waals surface area contributed by atoms with E-state index in [1.165, 1.54) is 36.4 Å². The van der Waals surface area contributed by atoms with E-state index in [4.69, 9.17) is 15.5 Å². The standard InChI is InChI=1S/C28H33FN4O4S.2H2/c1-17(2)16-37-23-13-20(12-21(29)14-23)26-11-10-25(27(31-26)33-18(3)8-9-19(33)4)28(34)32-38(35,36)24-7-5-6-22(30)15-24;;/h5-7,10-15,17-19H,8-9,16,30H2,1-4H3,(H,32,34);2*1H/t18-,19+;;. The van der Waals surface area contributed by atoms with Gasteiger partial charge in [0.05, 0.1) is 22.8 Å². The number of sulfonamides is 1. The predicted octanol–water partition coefficient (Wildman–Crippen LogP) is 5.49. The number of nitrogens with one attached hydrogen (secondary N) is 1. The molecule has 3 N–H and O–H groups in total. The SMILES string of the molecule is CC(C)COc1cc(F)cc(-c2ccc(C(=O)NS(=O)(=O)c3cccc(N)c3)c(N3[C@H](C)CC[C@@H]3C)n2)c1.[HH].[HH]. The van der Waals surface area contributed by atoms with E-state index in [2.05, 4.69) is 4.72 Å². The van der Waals surface area contributed by atoms with Gasteiger partial charge in [0.2, 0.25) is 0 Å². The van der Waals surface area contributed by atoms with Gasteiger partial charge in [0.25, 0.3) is 15.9 Å². The van der Waals surface area contributed by atoms with E-state index in [0.717, 1.165) is 12.8 Å². The Bertz CT molecular complexity index is 1450. The number of nitrogen functional groups attached to an aromatic ring is 1. The molecule has 0 unspecified atom stereocenters. The minimum Gasteiger partial charge on any atom is -0.493 e. The minimum atomic E-state index is -4.18. The zero-order chi connectivity index (χ0) is 27.6. The van der Waals surface area contributed by atoms with Gasteiger partial charge in [-0.15, -0.1) is 0 Å². The van der Waals surface area contributed by atoms with Crippen LogP contribution in [0.5, 0.6) is 5.75 Å². The molecule has 2 aromatic carbocycles. The first-order valence-corrected chi connectivity index (χ1v) is 14.1. The van der Waals surface area contributed by atoms with Crippen LogP contribution in [0.25, 0.3) is 11.3 Å². The van der Waals surface area contributed by atoms with Gasteiger partial charge >= 0.3 is 0 Å². The summed E-state index contributed by atoms with van der Waals surface area (Å²) in [6.07, 6.45) is 1.78. The van der Waals surface area contributed by atoms with Gasteiger partial charge in [0.1, 0.15) is 17.4 Å². The second-order valence-corrected chi connectivity index (χ2v) is 11.8. The first-order valence-electron chi connectivity index (χ1n) is 12.6. The van der Waals surface area contributed by atoms with Gasteiger partial charge in [-0.1, -0.05) is 19.9 Å². The van der Waals surface area contributed by atoms with Crippen molar-refractivity contribution in [3.8, 4) is 17.0 Å². The molecular weight excluding hydrogens is 507 g/mol. The van der Waals surface area contributed by atoms with E-state index in [1.54, 1.807) is 18.2 Å². The van der Waals surface area contributed by atoms with Crippen LogP contribution < -0.4 is 20.1 Å². The molecule has 4 rings (SSSR count). The average molecular weight is 545 g/mol. The van der Waals surface area contributed by atoms with Gasteiger partial charge in [-0.05, 0) is 75.1 Å². The first kappa shape index (κ1) is 27.4. The highest BCUT2D eigenvalue weighted by atomic mass is 32.2. The zero-order valence-corrected chi connectivity index (χ0v) is 22.8. The Hall–Kier alpha value is -3.66. The Balaban J connectivity index is 0.00000280. The van der Waals surface area contributed by atoms with Crippen molar-refractivity contribution in [3.63, 3.8) is 0 Å². The van der Waals surface area contributed by atoms with Crippen molar-refractivity contribution in [3.05, 3.63) is 66.0 Å². The lowest BCUT2D eigenvalue weighted by Crippen LogP contribution is -2.37. The molecule has 1 aliphatic heterocycles. The molecule has 2 heterocycles. The Morgan fingerprint density at radius 3 is 2.53 bits per heavy atom. The number of nitrogens with zero attached hydrogens (tertiary/aromatic N) is 2. The molecule has 206 valence electrons. The van der Waals surface area contributed by atoms with Crippen molar-refractivity contribution in [2.45, 2.75) is 57.5 Å². The van der Waals surface area contributed by atoms with E-state index < -0.39 is 21.7 Å². The monoisotopic (exact) mass is 544 g/mol. The largest absolute Gasteiger partial charge is 0.493 e. The summed E-state index contributed by atoms with van der Waals surface area (Å²) in [5, 5.41) is 0. The number of halogens is 1. The summed E-state index contributed by atoms with van der Waals surface area (Å²) < 4.78 is 48.2. The van der Waals surface area contributed by atoms with Crippen LogP contribution in [0.1, 0.15) is 53.7 Å². The van der Waals surface area contributed by atoms with Crippen LogP contribution in [-0.2, 0) is 10.0 Å². The van der Waals surface area contributed by atoms with Crippen LogP contribution in [0, 0.1) is 11.7 Å². The minimum absolute atomic E-state index is 0. The maximum Gasteiger partial charge on any atom is 0.268 e. The number of ether oxygens (including phenoxy) is 1. The Labute approximate surface area is 226 Å². The summed E-state index contributed by atoms with van der Waals surface area (Å²) in [6, 6.07) is 13.3. The fourth-order valence-electron chi connectivity index (χ4n) is 4.57. The summed E-state index contributed by atoms with van der Waals surface area (Å²) >= 11 is 0. The van der Waals surface area contributed by atoms with E-state index in [9.17, 15) is 17.6 Å². The number of carbonyl (C=O) groups is 1. The Morgan fingerprint density at radius 2 is 1.87 bits per heavy atom. The topological polar surface area (TPSA) is 115 Å². The highest BCUT2D eigenvalue weighted by Gasteiger charge is 2.33. The van der Waals surface area contributed by atoms with Crippen LogP contribution in [-0.4, -0.2) is 38.0 Å². The number of carbonyl (C=O) groups excluding carboxylic acids is 1. The summed E-state index contributed by atoms with van der Waals surface area (Å²) in [5.41, 5.74) is 7.03. The first-order chi connectivity index (χ1) is 17.9. The van der Waals surface area contributed by atoms with Crippen molar-refractivity contribution in [2.24, 2.45) is 5.92 Å². The highest BCUT2D eigenvalue weighted by Crippen LogP contribution is 2.34. The predicted molar refractivity (Wildman–Crippen MR) is 150 cm³/mol. The number of benzene rings is 2. The molecule has 1 aliphatic rings. The lowest BCUT2D eigenvalue weighted by Gasteiger charge is -2.29. The Kier molecular flexibility index (Phi) is 7.91. The summed E-state index contributed by atoms with van der Waals surface area (Å²) in [4.78, 5) is 20.0. The fraction of sp³-hybridized carbons (Fsp3) is 0.357. The van der Waals surface area contributed by atoms with Gasteiger partial charge in [-0.2, -0.15) is 0 Å². The molecule has 0 bridgehead atoms. The van der Waals surface area contributed by atoms with Gasteiger partial charge in [-0.3, -0.25) is 4.79 Å². The van der Waals surface area contributed by atoms with Crippen molar-refractivity contribution in [1.29, 1.82) is 0 Å². The average Bonchev–Trinajstić information content (AvgIpc) is 3.19. The number of hydrogen-bond acceptors (Lipinski definition) is 7. The van der Waals surface area contributed by atoms with Crippen molar-refractivity contribution >= 4 is 27.4 Å². The van der Waals surface area contributed by atoms with Crippen LogP contribution in [0.3, 0.4) is 0 Å². The molecule has 0 radical (unpaired) electrons. The molecule has 8 nitrogen and oxygen atoms in total. The van der Waals surface area contributed by atoms with Gasteiger partial charge in [-0.25, -0.2) is 22.5 Å². The third-order valence-electron chi connectivity index (χ3n) is 6.46. The van der Waals surface area contributed by atoms with E-state index in [1.807, 2.05) is 32.6 Å². The van der Waals surface area contributed by atoms with Gasteiger partial charge in [0.15, 0.2) is 0 Å². The second kappa shape index (κ2) is 11.0. The molecule has 0 saturated carbocycles. The zero-order valence-electron chi connectivity index (χ0n) is 21.9. The number of aromatic nitrogens is 1. The Morgan fingerprint density at radius 1 is 1.16 bits per heavy atom. The molecule has 10 heteroatoms. The molecule has 1 amide bonds. The third-order valence-corrected chi connectivity index (χ3v) is 7.79. The lowest BCUT2D eigenvalue weighted by molar-refractivity contribution is 0.0981. The van der Waals surface area contributed by atoms with E-state index in [-0.39, 0.29) is 37.0 Å². The number of anilines is 2. The lowest BCUT2D eigenvalue weighted by atomic mass is 10.1. The normalized spacial score (nSPS) is 17.6. The molecule has 1 aromatic heterocycles. The van der Waals surface area contributed by atoms with Gasteiger partial charge < -0.3 is 15.4 Å². The molecule has 38 heavy (non-hydrogen) atoms. The van der Waals surface area contributed by atoms with Crippen molar-refractivity contribution < 1.29 is 25.2 Å². The van der Waals surface area contributed by atoms with Crippen molar-refractivity contribution in [1.82, 2.24) is 9.71 Å². The highest BCUT2D eigenvalue weighted by molar-refractivity contribution is 7.90. The van der Waals surface area contributed by atoms with E-state index >= 15 is 0 Å². The maximum absolute atomic E-state index is 14.5. The molecule has 0 spiro atoms. The smallest absolute Gasteiger partial charge is 0.268 e. The summed E-state index contributed by atoms with van der Waals surface area (Å²) in [5.74, 6) is -0.286. The quantitative estimate of drug-likeness (QED) is 0.360. The van der Waals surface area contributed by atoms with Crippen LogP contribution in [0.4, 0.5) is 15.9 Å². The molecular formula is C28H37FN4O4S. The molecule has 1 fully saturated rings. The van der Waals surface area contributed by atoms with Crippen LogP contribution >= 0.6 is 0 Å². The number of amides is 1. The number of rotatable bonds is 8. The molecule has 1 saturated heterocycles. The second-order valence-electron chi connectivity index (χ2n) is 10.1. The van der Waals surface area contributed by atoms with Gasteiger partial charge in [0, 0.05) is 32.3 Å². The maximum atomic E-state index is 14.5. The third kappa shape index (κ3) is 6.07. The molecule has 0 aliphatic carbocycles. The number of hydrogen-bond donors (Lipinski definition) is 2. The summed E-state index contributed by atoms with van der Waals surface area (Å²) in [7, 11) is -4.18. The van der Waals surface area contributed by atoms with E-state index in [0.29, 0.717) is 29.4 Å². The molecule has 2 atom stereocenters. The number of nitrogens with two attached hydrogens (primary N) is 1.